The van der Waals surface area contributed by atoms with Gasteiger partial charge in [0.25, 0.3) is 5.91 Å². The second kappa shape index (κ2) is 7.89. The lowest BCUT2D eigenvalue weighted by Crippen LogP contribution is -2.43. The van der Waals surface area contributed by atoms with Crippen LogP contribution in [0, 0.1) is 11.7 Å². The number of aromatic nitrogens is 1. The van der Waals surface area contributed by atoms with Crippen LogP contribution in [0.25, 0.3) is 10.9 Å². The first kappa shape index (κ1) is 19.9. The molecule has 0 spiro atoms. The van der Waals surface area contributed by atoms with Gasteiger partial charge in [0.2, 0.25) is 0 Å². The fourth-order valence-corrected chi connectivity index (χ4v) is 4.93. The van der Waals surface area contributed by atoms with E-state index in [4.69, 9.17) is 16.3 Å². The molecule has 1 aliphatic carbocycles. The van der Waals surface area contributed by atoms with E-state index < -0.39 is 5.82 Å². The van der Waals surface area contributed by atoms with Gasteiger partial charge in [-0.05, 0) is 60.9 Å². The molecule has 2 unspecified atom stereocenters. The Morgan fingerprint density at radius 3 is 2.84 bits per heavy atom. The number of nitrogens with zero attached hydrogens (tertiary/aromatic N) is 1. The minimum absolute atomic E-state index is 0.0391. The van der Waals surface area contributed by atoms with Crippen molar-refractivity contribution < 1.29 is 13.9 Å². The number of aromatic amines is 1. The third kappa shape index (κ3) is 3.43. The Kier molecular flexibility index (Phi) is 5.06. The molecule has 0 radical (unpaired) electrons. The minimum atomic E-state index is -0.499. The standard InChI is InChI=1S/C25H22ClFN2O2/c1-31-17-9-6-15(7-10-17)24-23-18(20-14-16(26)8-11-22(20)28-23)12-13-29(24)25(30)19-4-2-3-5-21(19)27/h2-6,8-11,14-15,24,28H,7,12-13H2,1H3. The molecule has 0 saturated heterocycles. The average Bonchev–Trinajstić information content (AvgIpc) is 3.16. The van der Waals surface area contributed by atoms with Crippen LogP contribution in [0.5, 0.6) is 0 Å². The Hall–Kier alpha value is -3.05. The number of fused-ring (bicyclic) bond motifs is 3. The normalized spacial score (nSPS) is 20.5. The van der Waals surface area contributed by atoms with E-state index in [0.29, 0.717) is 18.0 Å². The summed E-state index contributed by atoms with van der Waals surface area (Å²) in [5.41, 5.74) is 3.27. The Morgan fingerprint density at radius 2 is 2.10 bits per heavy atom. The van der Waals surface area contributed by atoms with Gasteiger partial charge < -0.3 is 14.6 Å². The fourth-order valence-electron chi connectivity index (χ4n) is 4.75. The molecule has 158 valence electrons. The Labute approximate surface area is 185 Å². The van der Waals surface area contributed by atoms with E-state index in [1.54, 1.807) is 30.2 Å². The highest BCUT2D eigenvalue weighted by Crippen LogP contribution is 2.42. The number of ether oxygens (including phenoxy) is 1. The summed E-state index contributed by atoms with van der Waals surface area (Å²) < 4.78 is 19.8. The maximum absolute atomic E-state index is 14.5. The van der Waals surface area contributed by atoms with E-state index in [2.05, 4.69) is 11.1 Å². The van der Waals surface area contributed by atoms with E-state index in [9.17, 15) is 9.18 Å². The van der Waals surface area contributed by atoms with Gasteiger partial charge in [-0.2, -0.15) is 0 Å². The lowest BCUT2D eigenvalue weighted by Gasteiger charge is -2.40. The predicted octanol–water partition coefficient (Wildman–Crippen LogP) is 5.81. The number of hydrogen-bond acceptors (Lipinski definition) is 2. The Bertz CT molecular complexity index is 1230. The number of H-pyrrole nitrogens is 1. The monoisotopic (exact) mass is 436 g/mol. The van der Waals surface area contributed by atoms with Crippen LogP contribution in [-0.2, 0) is 11.2 Å². The van der Waals surface area contributed by atoms with Crippen LogP contribution in [0.3, 0.4) is 0 Å². The second-order valence-electron chi connectivity index (χ2n) is 7.95. The topological polar surface area (TPSA) is 45.3 Å². The first-order chi connectivity index (χ1) is 15.1. The lowest BCUT2D eigenvalue weighted by atomic mass is 9.84. The highest BCUT2D eigenvalue weighted by Gasteiger charge is 2.38. The van der Waals surface area contributed by atoms with Gasteiger partial charge in [0.15, 0.2) is 0 Å². The molecule has 6 heteroatoms. The van der Waals surface area contributed by atoms with Crippen LogP contribution in [0.2, 0.25) is 5.02 Å². The van der Waals surface area contributed by atoms with Gasteiger partial charge in [-0.25, -0.2) is 4.39 Å². The summed E-state index contributed by atoms with van der Waals surface area (Å²) in [5, 5.41) is 1.76. The van der Waals surface area contributed by atoms with Gasteiger partial charge in [-0.15, -0.1) is 0 Å². The zero-order valence-electron chi connectivity index (χ0n) is 17.1. The summed E-state index contributed by atoms with van der Waals surface area (Å²) in [6, 6.07) is 11.7. The SMILES string of the molecule is COC1=CCC(C2c3[nH]c4ccc(Cl)cc4c3CCN2C(=O)c2ccccc2F)C=C1. The molecule has 0 fully saturated rings. The highest BCUT2D eigenvalue weighted by molar-refractivity contribution is 6.31. The van der Waals surface area contributed by atoms with Crippen LogP contribution >= 0.6 is 11.6 Å². The highest BCUT2D eigenvalue weighted by atomic mass is 35.5. The molecular formula is C25H22ClFN2O2. The van der Waals surface area contributed by atoms with Gasteiger partial charge >= 0.3 is 0 Å². The third-order valence-electron chi connectivity index (χ3n) is 6.24. The van der Waals surface area contributed by atoms with Crippen molar-refractivity contribution in [1.29, 1.82) is 0 Å². The van der Waals surface area contributed by atoms with Crippen molar-refractivity contribution in [2.45, 2.75) is 18.9 Å². The maximum Gasteiger partial charge on any atom is 0.257 e. The number of benzene rings is 2. The molecule has 1 aliphatic heterocycles. The molecule has 5 rings (SSSR count). The van der Waals surface area contributed by atoms with Gasteiger partial charge in [0.1, 0.15) is 11.6 Å². The summed E-state index contributed by atoms with van der Waals surface area (Å²) in [6.07, 6.45) is 7.46. The van der Waals surface area contributed by atoms with E-state index in [1.165, 1.54) is 11.6 Å². The first-order valence-corrected chi connectivity index (χ1v) is 10.7. The molecule has 1 amide bonds. The number of rotatable bonds is 3. The summed E-state index contributed by atoms with van der Waals surface area (Å²) in [6.45, 7) is 0.509. The molecule has 0 saturated carbocycles. The van der Waals surface area contributed by atoms with Crippen LogP contribution in [-0.4, -0.2) is 29.4 Å². The van der Waals surface area contributed by atoms with Crippen molar-refractivity contribution in [3.63, 3.8) is 0 Å². The van der Waals surface area contributed by atoms with Crippen molar-refractivity contribution in [2.75, 3.05) is 13.7 Å². The molecular weight excluding hydrogens is 415 g/mol. The van der Waals surface area contributed by atoms with E-state index in [1.807, 2.05) is 30.4 Å². The Balaban J connectivity index is 1.61. The molecule has 2 atom stereocenters. The molecule has 1 aromatic heterocycles. The summed E-state index contributed by atoms with van der Waals surface area (Å²) >= 11 is 6.26. The number of hydrogen-bond donors (Lipinski definition) is 1. The Morgan fingerprint density at radius 1 is 1.26 bits per heavy atom. The zero-order valence-corrected chi connectivity index (χ0v) is 17.8. The molecule has 0 bridgehead atoms. The summed E-state index contributed by atoms with van der Waals surface area (Å²) in [7, 11) is 1.64. The molecule has 2 aromatic carbocycles. The molecule has 31 heavy (non-hydrogen) atoms. The van der Waals surface area contributed by atoms with Crippen molar-refractivity contribution in [1.82, 2.24) is 9.88 Å². The lowest BCUT2D eigenvalue weighted by molar-refractivity contribution is 0.0600. The number of allylic oxidation sites excluding steroid dienone is 2. The second-order valence-corrected chi connectivity index (χ2v) is 8.39. The van der Waals surface area contributed by atoms with Crippen LogP contribution < -0.4 is 0 Å². The number of carbonyl (C=O) groups is 1. The number of amides is 1. The van der Waals surface area contributed by atoms with Gasteiger partial charge in [-0.1, -0.05) is 29.8 Å². The summed E-state index contributed by atoms with van der Waals surface area (Å²) in [5.74, 6) is 0.0569. The van der Waals surface area contributed by atoms with Crippen molar-refractivity contribution in [3.05, 3.63) is 94.1 Å². The van der Waals surface area contributed by atoms with E-state index in [0.717, 1.165) is 28.8 Å². The van der Waals surface area contributed by atoms with Crippen molar-refractivity contribution in [2.24, 2.45) is 5.92 Å². The molecule has 3 aromatic rings. The molecule has 2 aliphatic rings. The number of carbonyl (C=O) groups excluding carboxylic acids is 1. The predicted molar refractivity (Wildman–Crippen MR) is 120 cm³/mol. The van der Waals surface area contributed by atoms with Gasteiger partial charge in [-0.3, -0.25) is 4.79 Å². The summed E-state index contributed by atoms with van der Waals surface area (Å²) in [4.78, 5) is 18.8. The smallest absolute Gasteiger partial charge is 0.257 e. The third-order valence-corrected chi connectivity index (χ3v) is 6.48. The van der Waals surface area contributed by atoms with Gasteiger partial charge in [0.05, 0.1) is 18.7 Å². The quantitative estimate of drug-likeness (QED) is 0.563. The zero-order chi connectivity index (χ0) is 21.5. The van der Waals surface area contributed by atoms with Crippen molar-refractivity contribution in [3.8, 4) is 0 Å². The number of halogens is 2. The largest absolute Gasteiger partial charge is 0.497 e. The van der Waals surface area contributed by atoms with Crippen LogP contribution in [0.1, 0.15) is 34.1 Å². The molecule has 2 heterocycles. The minimum Gasteiger partial charge on any atom is -0.497 e. The maximum atomic E-state index is 14.5. The van der Waals surface area contributed by atoms with Gasteiger partial charge in [0, 0.05) is 34.1 Å². The van der Waals surface area contributed by atoms with Crippen LogP contribution in [0.15, 0.2) is 66.5 Å². The van der Waals surface area contributed by atoms with E-state index >= 15 is 0 Å². The van der Waals surface area contributed by atoms with Crippen molar-refractivity contribution >= 4 is 28.4 Å². The average molecular weight is 437 g/mol. The van der Waals surface area contributed by atoms with E-state index in [-0.39, 0.29) is 23.4 Å². The van der Waals surface area contributed by atoms with Crippen LogP contribution in [0.4, 0.5) is 4.39 Å². The molecule has 1 N–H and O–H groups in total. The number of nitrogens with one attached hydrogen (secondary N) is 1. The first-order valence-electron chi connectivity index (χ1n) is 10.3. The molecule has 4 nitrogen and oxygen atoms in total. The number of methoxy groups -OCH3 is 1. The fraction of sp³-hybridized carbons (Fsp3) is 0.240.